The highest BCUT2D eigenvalue weighted by Crippen LogP contribution is 2.53. The van der Waals surface area contributed by atoms with Crippen molar-refractivity contribution in [3.63, 3.8) is 0 Å². The molecule has 148 valence electrons. The van der Waals surface area contributed by atoms with Gasteiger partial charge < -0.3 is 9.34 Å². The van der Waals surface area contributed by atoms with Crippen LogP contribution in [0.25, 0.3) is 0 Å². The molecule has 0 N–H and O–H groups in total. The fourth-order valence-electron chi connectivity index (χ4n) is 3.85. The maximum absolute atomic E-state index is 12.5. The average Bonchev–Trinajstić information content (AvgIpc) is 3.19. The molecule has 4 heteroatoms. The molecule has 0 bridgehead atoms. The van der Waals surface area contributed by atoms with Crippen molar-refractivity contribution in [1.29, 1.82) is 0 Å². The van der Waals surface area contributed by atoms with Crippen LogP contribution in [0.15, 0.2) is 91.0 Å². The molecular weight excluding hydrogens is 375 g/mol. The summed E-state index contributed by atoms with van der Waals surface area (Å²) in [5, 5.41) is 0. The molecule has 29 heavy (non-hydrogen) atoms. The second-order valence-electron chi connectivity index (χ2n) is 7.32. The van der Waals surface area contributed by atoms with E-state index in [4.69, 9.17) is 0 Å². The first-order chi connectivity index (χ1) is 14.3. The minimum atomic E-state index is -0.500. The molecule has 0 spiro atoms. The van der Waals surface area contributed by atoms with E-state index < -0.39 is 8.22 Å². The number of benzene rings is 3. The van der Waals surface area contributed by atoms with E-state index in [0.29, 0.717) is 18.6 Å². The van der Waals surface area contributed by atoms with Gasteiger partial charge in [-0.05, 0) is 36.2 Å². The molecule has 3 nitrogen and oxygen atoms in total. The molecule has 4 rings (SSSR count). The SMILES string of the molecule is O=C(CCCP1N(c2ccccc2)CCN1c1ccccc1)Cc1ccccc1. The van der Waals surface area contributed by atoms with Gasteiger partial charge in [-0.25, -0.2) is 0 Å². The molecule has 0 amide bonds. The Morgan fingerprint density at radius 2 is 1.21 bits per heavy atom. The highest BCUT2D eigenvalue weighted by atomic mass is 31.1. The topological polar surface area (TPSA) is 23.6 Å². The number of anilines is 2. The van der Waals surface area contributed by atoms with Crippen LogP contribution >= 0.6 is 8.22 Å². The first-order valence-corrected chi connectivity index (χ1v) is 11.7. The van der Waals surface area contributed by atoms with Gasteiger partial charge in [0.25, 0.3) is 0 Å². The lowest BCUT2D eigenvalue weighted by molar-refractivity contribution is -0.118. The third-order valence-electron chi connectivity index (χ3n) is 5.25. The number of ketones is 1. The number of nitrogens with zero attached hydrogens (tertiary/aromatic N) is 2. The van der Waals surface area contributed by atoms with E-state index >= 15 is 0 Å². The second kappa shape index (κ2) is 9.71. The number of carbonyl (C=O) groups excluding carboxylic acids is 1. The third-order valence-corrected chi connectivity index (χ3v) is 7.94. The third kappa shape index (κ3) is 5.05. The Morgan fingerprint density at radius 3 is 1.72 bits per heavy atom. The van der Waals surface area contributed by atoms with Crippen molar-refractivity contribution in [2.75, 3.05) is 28.6 Å². The molecule has 1 heterocycles. The van der Waals surface area contributed by atoms with Crippen LogP contribution in [0.4, 0.5) is 11.4 Å². The molecular formula is C25H27N2OP. The quantitative estimate of drug-likeness (QED) is 0.437. The van der Waals surface area contributed by atoms with Crippen molar-refractivity contribution in [2.45, 2.75) is 19.3 Å². The van der Waals surface area contributed by atoms with Crippen molar-refractivity contribution in [3.8, 4) is 0 Å². The smallest absolute Gasteiger partial charge is 0.137 e. The molecule has 1 saturated heterocycles. The molecule has 3 aromatic carbocycles. The van der Waals surface area contributed by atoms with E-state index in [1.165, 1.54) is 11.4 Å². The number of para-hydroxylation sites is 2. The number of hydrogen-bond donors (Lipinski definition) is 0. The lowest BCUT2D eigenvalue weighted by atomic mass is 10.1. The molecule has 0 aromatic heterocycles. The summed E-state index contributed by atoms with van der Waals surface area (Å²) >= 11 is 0. The van der Waals surface area contributed by atoms with Crippen LogP contribution in [0.1, 0.15) is 18.4 Å². The Hall–Kier alpha value is -2.64. The molecule has 0 aliphatic carbocycles. The molecule has 0 unspecified atom stereocenters. The van der Waals surface area contributed by atoms with Crippen molar-refractivity contribution in [1.82, 2.24) is 0 Å². The van der Waals surface area contributed by atoms with Gasteiger partial charge >= 0.3 is 0 Å². The van der Waals surface area contributed by atoms with Gasteiger partial charge in [-0.1, -0.05) is 66.7 Å². The number of rotatable bonds is 8. The monoisotopic (exact) mass is 402 g/mol. The van der Waals surface area contributed by atoms with Gasteiger partial charge in [0, 0.05) is 43.5 Å². The minimum absolute atomic E-state index is 0.336. The zero-order chi connectivity index (χ0) is 19.9. The van der Waals surface area contributed by atoms with E-state index in [1.807, 2.05) is 30.3 Å². The first-order valence-electron chi connectivity index (χ1n) is 10.3. The van der Waals surface area contributed by atoms with Gasteiger partial charge in [0.1, 0.15) is 5.78 Å². The van der Waals surface area contributed by atoms with Crippen LogP contribution in [0.3, 0.4) is 0 Å². The predicted molar refractivity (Wildman–Crippen MR) is 124 cm³/mol. The van der Waals surface area contributed by atoms with E-state index in [-0.39, 0.29) is 0 Å². The van der Waals surface area contributed by atoms with Gasteiger partial charge in [0.05, 0.1) is 8.22 Å². The highest BCUT2D eigenvalue weighted by molar-refractivity contribution is 7.61. The fraction of sp³-hybridized carbons (Fsp3) is 0.240. The normalized spacial score (nSPS) is 14.3. The largest absolute Gasteiger partial charge is 0.332 e. The Morgan fingerprint density at radius 1 is 0.724 bits per heavy atom. The summed E-state index contributed by atoms with van der Waals surface area (Å²) in [5.41, 5.74) is 3.68. The van der Waals surface area contributed by atoms with Crippen molar-refractivity contribution >= 4 is 25.4 Å². The highest BCUT2D eigenvalue weighted by Gasteiger charge is 2.32. The maximum atomic E-state index is 12.5. The molecule has 1 fully saturated rings. The van der Waals surface area contributed by atoms with Crippen molar-refractivity contribution in [2.24, 2.45) is 0 Å². The van der Waals surface area contributed by atoms with E-state index in [0.717, 1.165) is 31.2 Å². The number of hydrogen-bond acceptors (Lipinski definition) is 3. The lowest BCUT2D eigenvalue weighted by Gasteiger charge is -2.32. The summed E-state index contributed by atoms with van der Waals surface area (Å²) in [5.74, 6) is 0.336. The van der Waals surface area contributed by atoms with Crippen molar-refractivity contribution in [3.05, 3.63) is 96.6 Å². The van der Waals surface area contributed by atoms with E-state index in [1.54, 1.807) is 0 Å². The van der Waals surface area contributed by atoms with E-state index in [9.17, 15) is 4.79 Å². The summed E-state index contributed by atoms with van der Waals surface area (Å²) in [6.45, 7) is 2.06. The number of carbonyl (C=O) groups is 1. The van der Waals surface area contributed by atoms with Crippen LogP contribution in [-0.2, 0) is 11.2 Å². The molecule has 1 aliphatic heterocycles. The van der Waals surface area contributed by atoms with Gasteiger partial charge in [-0.15, -0.1) is 0 Å². The van der Waals surface area contributed by atoms with Gasteiger partial charge in [0.15, 0.2) is 0 Å². The van der Waals surface area contributed by atoms with E-state index in [2.05, 4.69) is 70.0 Å². The maximum Gasteiger partial charge on any atom is 0.137 e. The Labute approximate surface area is 174 Å². The fourth-order valence-corrected chi connectivity index (χ4v) is 6.47. The Balaban J connectivity index is 1.42. The van der Waals surface area contributed by atoms with Crippen LogP contribution in [0, 0.1) is 0 Å². The second-order valence-corrected chi connectivity index (χ2v) is 9.48. The average molecular weight is 402 g/mol. The predicted octanol–water partition coefficient (Wildman–Crippen LogP) is 5.92. The van der Waals surface area contributed by atoms with Gasteiger partial charge in [-0.2, -0.15) is 0 Å². The van der Waals surface area contributed by atoms with Gasteiger partial charge in [-0.3, -0.25) is 4.79 Å². The Bertz CT molecular complexity index is 854. The number of Topliss-reactive ketones (excluding diaryl/α,β-unsaturated/α-hetero) is 1. The van der Waals surface area contributed by atoms with Crippen LogP contribution in [0.5, 0.6) is 0 Å². The summed E-state index contributed by atoms with van der Waals surface area (Å²) in [6.07, 6.45) is 3.17. The summed E-state index contributed by atoms with van der Waals surface area (Å²) in [4.78, 5) is 12.5. The van der Waals surface area contributed by atoms with Crippen LogP contribution < -0.4 is 9.34 Å². The summed E-state index contributed by atoms with van der Waals surface area (Å²) in [7, 11) is -0.500. The van der Waals surface area contributed by atoms with Crippen molar-refractivity contribution < 1.29 is 4.79 Å². The molecule has 0 saturated carbocycles. The van der Waals surface area contributed by atoms with Gasteiger partial charge in [0.2, 0.25) is 0 Å². The Kier molecular flexibility index (Phi) is 6.59. The zero-order valence-corrected chi connectivity index (χ0v) is 17.5. The van der Waals surface area contributed by atoms with Crippen LogP contribution in [-0.4, -0.2) is 25.0 Å². The zero-order valence-electron chi connectivity index (χ0n) is 16.7. The first kappa shape index (κ1) is 19.7. The molecule has 0 atom stereocenters. The molecule has 1 aliphatic rings. The molecule has 3 aromatic rings. The lowest BCUT2D eigenvalue weighted by Crippen LogP contribution is -2.17. The minimum Gasteiger partial charge on any atom is -0.332 e. The molecule has 0 radical (unpaired) electrons. The standard InChI is InChI=1S/C25H27N2OP/c28-25(21-22-11-4-1-5-12-22)17-10-20-29-26(23-13-6-2-7-14-23)18-19-27(29)24-15-8-3-9-16-24/h1-9,11-16H,10,17-21H2. The van der Waals surface area contributed by atoms with Crippen LogP contribution in [0.2, 0.25) is 0 Å². The summed E-state index contributed by atoms with van der Waals surface area (Å²) in [6, 6.07) is 31.4. The summed E-state index contributed by atoms with van der Waals surface area (Å²) < 4.78 is 5.09.